The standard InChI is InChI=1S/C18H16O5/c1-21-13-8-10(9-14(22-2)18(13)23-3)15-16(19)11-6-4-5-7-12(11)17(15)20/h4-9,15H,1-3H3. The van der Waals surface area contributed by atoms with Crippen molar-refractivity contribution < 1.29 is 23.8 Å². The highest BCUT2D eigenvalue weighted by molar-refractivity contribution is 6.29. The molecule has 1 aliphatic carbocycles. The average Bonchev–Trinajstić information content (AvgIpc) is 2.85. The molecule has 0 heterocycles. The molecular formula is C18H16O5. The minimum atomic E-state index is -0.874. The van der Waals surface area contributed by atoms with Gasteiger partial charge in [-0.1, -0.05) is 24.3 Å². The molecule has 0 radical (unpaired) electrons. The normalized spacial score (nSPS) is 13.9. The first kappa shape index (κ1) is 15.1. The van der Waals surface area contributed by atoms with Crippen molar-refractivity contribution in [1.29, 1.82) is 0 Å². The van der Waals surface area contributed by atoms with Crippen LogP contribution >= 0.6 is 0 Å². The molecule has 0 saturated heterocycles. The molecule has 1 aliphatic rings. The van der Waals surface area contributed by atoms with Gasteiger partial charge in [0.2, 0.25) is 5.75 Å². The van der Waals surface area contributed by atoms with Crippen molar-refractivity contribution in [3.63, 3.8) is 0 Å². The molecule has 0 saturated carbocycles. The quantitative estimate of drug-likeness (QED) is 0.812. The maximum absolute atomic E-state index is 12.6. The molecule has 0 fully saturated rings. The third-order valence-electron chi connectivity index (χ3n) is 4.00. The lowest BCUT2D eigenvalue weighted by Crippen LogP contribution is -2.13. The van der Waals surface area contributed by atoms with E-state index in [1.54, 1.807) is 36.4 Å². The SMILES string of the molecule is COc1cc(C2C(=O)c3ccccc3C2=O)cc(OC)c1OC. The highest BCUT2D eigenvalue weighted by Gasteiger charge is 2.40. The Kier molecular flexibility index (Phi) is 3.78. The predicted molar refractivity (Wildman–Crippen MR) is 83.9 cm³/mol. The molecule has 118 valence electrons. The fraction of sp³-hybridized carbons (Fsp3) is 0.222. The second-order valence-electron chi connectivity index (χ2n) is 5.17. The minimum absolute atomic E-state index is 0.208. The molecule has 0 spiro atoms. The molecule has 0 amide bonds. The number of carbonyl (C=O) groups is 2. The first-order chi connectivity index (χ1) is 11.1. The first-order valence-corrected chi connectivity index (χ1v) is 7.09. The van der Waals surface area contributed by atoms with Gasteiger partial charge in [0.1, 0.15) is 5.92 Å². The van der Waals surface area contributed by atoms with Crippen LogP contribution in [-0.4, -0.2) is 32.9 Å². The summed E-state index contributed by atoms with van der Waals surface area (Å²) in [6, 6.07) is 10.1. The lowest BCUT2D eigenvalue weighted by Gasteiger charge is -2.16. The van der Waals surface area contributed by atoms with E-state index in [0.29, 0.717) is 33.9 Å². The van der Waals surface area contributed by atoms with Gasteiger partial charge in [-0.25, -0.2) is 0 Å². The Morgan fingerprint density at radius 1 is 0.783 bits per heavy atom. The molecule has 23 heavy (non-hydrogen) atoms. The van der Waals surface area contributed by atoms with E-state index in [-0.39, 0.29) is 11.6 Å². The summed E-state index contributed by atoms with van der Waals surface area (Å²) in [6.07, 6.45) is 0. The van der Waals surface area contributed by atoms with Gasteiger partial charge in [-0.15, -0.1) is 0 Å². The van der Waals surface area contributed by atoms with Crippen molar-refractivity contribution >= 4 is 11.6 Å². The van der Waals surface area contributed by atoms with E-state index in [4.69, 9.17) is 14.2 Å². The van der Waals surface area contributed by atoms with Crippen LogP contribution in [0, 0.1) is 0 Å². The van der Waals surface area contributed by atoms with E-state index in [9.17, 15) is 9.59 Å². The summed E-state index contributed by atoms with van der Waals surface area (Å²) >= 11 is 0. The highest BCUT2D eigenvalue weighted by atomic mass is 16.5. The summed E-state index contributed by atoms with van der Waals surface area (Å²) in [5.74, 6) is -0.0353. The molecule has 0 N–H and O–H groups in total. The van der Waals surface area contributed by atoms with Gasteiger partial charge in [-0.2, -0.15) is 0 Å². The van der Waals surface area contributed by atoms with Gasteiger partial charge in [-0.3, -0.25) is 9.59 Å². The molecule has 2 aromatic rings. The van der Waals surface area contributed by atoms with Crippen molar-refractivity contribution in [2.75, 3.05) is 21.3 Å². The van der Waals surface area contributed by atoms with Crippen LogP contribution in [0.4, 0.5) is 0 Å². The Morgan fingerprint density at radius 2 is 1.26 bits per heavy atom. The zero-order chi connectivity index (χ0) is 16.6. The Balaban J connectivity index is 2.13. The van der Waals surface area contributed by atoms with Gasteiger partial charge < -0.3 is 14.2 Å². The third kappa shape index (κ3) is 2.25. The predicted octanol–water partition coefficient (Wildman–Crippen LogP) is 2.88. The van der Waals surface area contributed by atoms with E-state index in [0.717, 1.165) is 0 Å². The number of hydrogen-bond acceptors (Lipinski definition) is 5. The van der Waals surface area contributed by atoms with Gasteiger partial charge in [0, 0.05) is 11.1 Å². The molecule has 5 nitrogen and oxygen atoms in total. The summed E-state index contributed by atoms with van der Waals surface area (Å²) in [4.78, 5) is 25.3. The summed E-state index contributed by atoms with van der Waals surface area (Å²) < 4.78 is 15.9. The van der Waals surface area contributed by atoms with Crippen LogP contribution < -0.4 is 14.2 Å². The van der Waals surface area contributed by atoms with Gasteiger partial charge in [0.25, 0.3) is 0 Å². The van der Waals surface area contributed by atoms with Crippen LogP contribution in [0.25, 0.3) is 0 Å². The smallest absolute Gasteiger partial charge is 0.203 e. The number of hydrogen-bond donors (Lipinski definition) is 0. The van der Waals surface area contributed by atoms with Gasteiger partial charge >= 0.3 is 0 Å². The Labute approximate surface area is 133 Å². The van der Waals surface area contributed by atoms with Crippen LogP contribution in [0.15, 0.2) is 36.4 Å². The fourth-order valence-corrected chi connectivity index (χ4v) is 2.91. The van der Waals surface area contributed by atoms with Crippen LogP contribution in [0.3, 0.4) is 0 Å². The van der Waals surface area contributed by atoms with E-state index in [1.165, 1.54) is 21.3 Å². The number of benzene rings is 2. The maximum atomic E-state index is 12.6. The van der Waals surface area contributed by atoms with Crippen molar-refractivity contribution in [3.05, 3.63) is 53.1 Å². The second kappa shape index (κ2) is 5.76. The number of rotatable bonds is 4. The van der Waals surface area contributed by atoms with Crippen molar-refractivity contribution in [2.45, 2.75) is 5.92 Å². The summed E-state index contributed by atoms with van der Waals surface area (Å²) in [5.41, 5.74) is 1.44. The molecule has 0 unspecified atom stereocenters. The van der Waals surface area contributed by atoms with Crippen molar-refractivity contribution in [1.82, 2.24) is 0 Å². The first-order valence-electron chi connectivity index (χ1n) is 7.09. The van der Waals surface area contributed by atoms with Gasteiger partial charge in [0.05, 0.1) is 21.3 Å². The molecular weight excluding hydrogens is 296 g/mol. The number of carbonyl (C=O) groups excluding carboxylic acids is 2. The van der Waals surface area contributed by atoms with Crippen LogP contribution in [-0.2, 0) is 0 Å². The summed E-state index contributed by atoms with van der Waals surface area (Å²) in [6.45, 7) is 0. The largest absolute Gasteiger partial charge is 0.493 e. The van der Waals surface area contributed by atoms with E-state index in [2.05, 4.69) is 0 Å². The average molecular weight is 312 g/mol. The number of Topliss-reactive ketones (excluding diaryl/α,β-unsaturated/α-hetero) is 2. The number of ether oxygens (including phenoxy) is 3. The van der Waals surface area contributed by atoms with Gasteiger partial charge in [-0.05, 0) is 17.7 Å². The van der Waals surface area contributed by atoms with Crippen molar-refractivity contribution in [2.24, 2.45) is 0 Å². The number of fused-ring (bicyclic) bond motifs is 1. The summed E-state index contributed by atoms with van der Waals surface area (Å²) in [7, 11) is 4.49. The van der Waals surface area contributed by atoms with Crippen LogP contribution in [0.1, 0.15) is 32.2 Å². The zero-order valence-electron chi connectivity index (χ0n) is 13.1. The number of methoxy groups -OCH3 is 3. The topological polar surface area (TPSA) is 61.8 Å². The molecule has 0 bridgehead atoms. The Bertz CT molecular complexity index is 734. The Hall–Kier alpha value is -2.82. The lowest BCUT2D eigenvalue weighted by atomic mass is 9.93. The fourth-order valence-electron chi connectivity index (χ4n) is 2.91. The van der Waals surface area contributed by atoms with E-state index < -0.39 is 5.92 Å². The molecule has 2 aromatic carbocycles. The molecule has 0 aromatic heterocycles. The second-order valence-corrected chi connectivity index (χ2v) is 5.17. The van der Waals surface area contributed by atoms with Crippen LogP contribution in [0.2, 0.25) is 0 Å². The molecule has 5 heteroatoms. The number of ketones is 2. The minimum Gasteiger partial charge on any atom is -0.493 e. The lowest BCUT2D eigenvalue weighted by molar-refractivity contribution is 0.0890. The summed E-state index contributed by atoms with van der Waals surface area (Å²) in [5, 5.41) is 0. The third-order valence-corrected chi connectivity index (χ3v) is 4.00. The highest BCUT2D eigenvalue weighted by Crippen LogP contribution is 2.43. The maximum Gasteiger partial charge on any atom is 0.203 e. The van der Waals surface area contributed by atoms with Gasteiger partial charge in [0.15, 0.2) is 23.1 Å². The van der Waals surface area contributed by atoms with E-state index in [1.807, 2.05) is 0 Å². The van der Waals surface area contributed by atoms with Crippen molar-refractivity contribution in [3.8, 4) is 17.2 Å². The molecule has 3 rings (SSSR count). The zero-order valence-corrected chi connectivity index (χ0v) is 13.1. The molecule has 0 atom stereocenters. The Morgan fingerprint density at radius 3 is 1.65 bits per heavy atom. The monoisotopic (exact) mass is 312 g/mol. The van der Waals surface area contributed by atoms with E-state index >= 15 is 0 Å². The molecule has 0 aliphatic heterocycles. The van der Waals surface area contributed by atoms with Crippen LogP contribution in [0.5, 0.6) is 17.2 Å².